The highest BCUT2D eigenvalue weighted by molar-refractivity contribution is 9.11. The van der Waals surface area contributed by atoms with Gasteiger partial charge in [0.15, 0.2) is 0 Å². The molecule has 0 spiro atoms. The summed E-state index contributed by atoms with van der Waals surface area (Å²) in [6.45, 7) is 4.27. The number of hydrogen-bond donors (Lipinski definition) is 1. The van der Waals surface area contributed by atoms with Gasteiger partial charge in [-0.05, 0) is 53.5 Å². The van der Waals surface area contributed by atoms with Crippen LogP contribution in [0.3, 0.4) is 0 Å². The summed E-state index contributed by atoms with van der Waals surface area (Å²) < 4.78 is 33.2. The number of sulfonamides is 1. The van der Waals surface area contributed by atoms with E-state index < -0.39 is 10.0 Å². The highest BCUT2D eigenvalue weighted by Gasteiger charge is 2.18. The monoisotopic (exact) mass is 389 g/mol. The quantitative estimate of drug-likeness (QED) is 0.769. The highest BCUT2D eigenvalue weighted by atomic mass is 79.9. The Hall–Kier alpha value is -0.890. The minimum atomic E-state index is -3.48. The minimum Gasteiger partial charge on any atom is -0.492 e. The van der Waals surface area contributed by atoms with E-state index in [0.29, 0.717) is 4.90 Å². The van der Waals surface area contributed by atoms with E-state index in [0.717, 1.165) is 20.0 Å². The molecule has 0 amide bonds. The zero-order chi connectivity index (χ0) is 15.5. The number of halogens is 1. The number of hydrogen-bond acceptors (Lipinski definition) is 4. The molecule has 0 atom stereocenters. The maximum atomic E-state index is 12.2. The molecule has 0 fully saturated rings. The average molecular weight is 390 g/mol. The molecule has 1 N–H and O–H groups in total. The third kappa shape index (κ3) is 4.54. The predicted molar refractivity (Wildman–Crippen MR) is 88.6 cm³/mol. The molecule has 4 nitrogen and oxygen atoms in total. The van der Waals surface area contributed by atoms with Crippen LogP contribution in [0.25, 0.3) is 0 Å². The maximum absolute atomic E-state index is 12.2. The molecule has 0 aliphatic carbocycles. The second kappa shape index (κ2) is 6.91. The van der Waals surface area contributed by atoms with Crippen LogP contribution in [-0.4, -0.2) is 21.6 Å². The molecule has 1 aromatic heterocycles. The molecule has 0 radical (unpaired) electrons. The lowest BCUT2D eigenvalue weighted by Crippen LogP contribution is -2.28. The van der Waals surface area contributed by atoms with Crippen LogP contribution in [0.1, 0.15) is 10.4 Å². The van der Waals surface area contributed by atoms with E-state index >= 15 is 0 Å². The molecular formula is C14H16BrNO3S2. The molecule has 0 aliphatic heterocycles. The molecule has 0 unspecified atom stereocenters. The van der Waals surface area contributed by atoms with E-state index in [4.69, 9.17) is 4.74 Å². The Morgan fingerprint density at radius 2 is 2.05 bits per heavy atom. The molecule has 7 heteroatoms. The summed E-state index contributed by atoms with van der Waals surface area (Å²) in [5.41, 5.74) is 1.10. The highest BCUT2D eigenvalue weighted by Crippen LogP contribution is 2.29. The Labute approximate surface area is 137 Å². The molecular weight excluding hydrogens is 374 g/mol. The molecule has 21 heavy (non-hydrogen) atoms. The zero-order valence-corrected chi connectivity index (χ0v) is 14.9. The topological polar surface area (TPSA) is 55.4 Å². The molecule has 1 heterocycles. The normalized spacial score (nSPS) is 11.6. The van der Waals surface area contributed by atoms with Crippen molar-refractivity contribution >= 4 is 37.3 Å². The number of aryl methyl sites for hydroxylation is 2. The van der Waals surface area contributed by atoms with Crippen molar-refractivity contribution in [1.29, 1.82) is 0 Å². The molecule has 0 saturated heterocycles. The fraction of sp³-hybridized carbons (Fsp3) is 0.286. The SMILES string of the molecule is Cc1cccc(OCCNS(=O)(=O)c2cc(Br)sc2C)c1. The summed E-state index contributed by atoms with van der Waals surface area (Å²) >= 11 is 4.70. The van der Waals surface area contributed by atoms with Crippen LogP contribution in [0.5, 0.6) is 5.75 Å². The summed E-state index contributed by atoms with van der Waals surface area (Å²) in [5, 5.41) is 0. The van der Waals surface area contributed by atoms with Crippen LogP contribution in [0, 0.1) is 13.8 Å². The Balaban J connectivity index is 1.89. The van der Waals surface area contributed by atoms with E-state index in [1.54, 1.807) is 13.0 Å². The van der Waals surface area contributed by atoms with Crippen LogP contribution in [-0.2, 0) is 10.0 Å². The van der Waals surface area contributed by atoms with Crippen LogP contribution in [0.15, 0.2) is 39.0 Å². The molecule has 0 bridgehead atoms. The van der Waals surface area contributed by atoms with Gasteiger partial charge in [-0.2, -0.15) is 0 Å². The Bertz CT molecular complexity index is 726. The van der Waals surface area contributed by atoms with Gasteiger partial charge in [0, 0.05) is 11.4 Å². The van der Waals surface area contributed by atoms with Gasteiger partial charge in [-0.1, -0.05) is 12.1 Å². The van der Waals surface area contributed by atoms with Gasteiger partial charge in [-0.25, -0.2) is 13.1 Å². The van der Waals surface area contributed by atoms with Crippen molar-refractivity contribution in [2.45, 2.75) is 18.7 Å². The maximum Gasteiger partial charge on any atom is 0.241 e. The van der Waals surface area contributed by atoms with Gasteiger partial charge in [0.2, 0.25) is 10.0 Å². The van der Waals surface area contributed by atoms with Gasteiger partial charge in [0.1, 0.15) is 12.4 Å². The predicted octanol–water partition coefficient (Wildman–Crippen LogP) is 3.48. The Morgan fingerprint density at radius 1 is 1.29 bits per heavy atom. The van der Waals surface area contributed by atoms with Crippen LogP contribution in [0.4, 0.5) is 0 Å². The van der Waals surface area contributed by atoms with Crippen molar-refractivity contribution in [3.05, 3.63) is 44.6 Å². The summed E-state index contributed by atoms with van der Waals surface area (Å²) in [5.74, 6) is 0.739. The summed E-state index contributed by atoms with van der Waals surface area (Å²) in [4.78, 5) is 1.07. The van der Waals surface area contributed by atoms with E-state index in [2.05, 4.69) is 20.7 Å². The number of thiophene rings is 1. The first-order valence-electron chi connectivity index (χ1n) is 6.33. The summed E-state index contributed by atoms with van der Waals surface area (Å²) in [6, 6.07) is 9.26. The molecule has 114 valence electrons. The number of benzene rings is 1. The molecule has 0 saturated carbocycles. The Morgan fingerprint density at radius 3 is 2.67 bits per heavy atom. The average Bonchev–Trinajstić information content (AvgIpc) is 2.75. The standard InChI is InChI=1S/C14H16BrNO3S2/c1-10-4-3-5-12(8-10)19-7-6-16-21(17,18)13-9-14(15)20-11(13)2/h3-5,8-9,16H,6-7H2,1-2H3. The van der Waals surface area contributed by atoms with Gasteiger partial charge in [-0.3, -0.25) is 0 Å². The second-order valence-corrected chi connectivity index (χ2v) is 8.90. The third-order valence-corrected chi connectivity index (χ3v) is 6.05. The molecule has 1 aromatic carbocycles. The van der Waals surface area contributed by atoms with Gasteiger partial charge in [0.25, 0.3) is 0 Å². The minimum absolute atomic E-state index is 0.225. The number of rotatable bonds is 6. The first-order valence-corrected chi connectivity index (χ1v) is 9.43. The zero-order valence-electron chi connectivity index (χ0n) is 11.7. The number of ether oxygens (including phenoxy) is 1. The Kier molecular flexibility index (Phi) is 5.43. The van der Waals surface area contributed by atoms with Crippen molar-refractivity contribution < 1.29 is 13.2 Å². The lowest BCUT2D eigenvalue weighted by molar-refractivity contribution is 0.322. The van der Waals surface area contributed by atoms with Gasteiger partial charge < -0.3 is 4.74 Å². The smallest absolute Gasteiger partial charge is 0.241 e. The molecule has 2 aromatic rings. The van der Waals surface area contributed by atoms with Crippen molar-refractivity contribution in [1.82, 2.24) is 4.72 Å². The van der Waals surface area contributed by atoms with Gasteiger partial charge in [0.05, 0.1) is 8.68 Å². The van der Waals surface area contributed by atoms with Gasteiger partial charge in [-0.15, -0.1) is 11.3 Å². The first kappa shape index (κ1) is 16.5. The van der Waals surface area contributed by atoms with E-state index in [1.807, 2.05) is 31.2 Å². The lowest BCUT2D eigenvalue weighted by atomic mass is 10.2. The van der Waals surface area contributed by atoms with Crippen molar-refractivity contribution in [3.63, 3.8) is 0 Å². The summed E-state index contributed by atoms with van der Waals surface area (Å²) in [6.07, 6.45) is 0. The van der Waals surface area contributed by atoms with E-state index in [9.17, 15) is 8.42 Å². The number of nitrogens with one attached hydrogen (secondary N) is 1. The van der Waals surface area contributed by atoms with Crippen LogP contribution in [0.2, 0.25) is 0 Å². The first-order chi connectivity index (χ1) is 9.88. The van der Waals surface area contributed by atoms with Crippen molar-refractivity contribution in [2.75, 3.05) is 13.2 Å². The van der Waals surface area contributed by atoms with Crippen molar-refractivity contribution in [2.24, 2.45) is 0 Å². The second-order valence-electron chi connectivity index (χ2n) is 4.53. The summed E-state index contributed by atoms with van der Waals surface area (Å²) in [7, 11) is -3.48. The van der Waals surface area contributed by atoms with Crippen LogP contribution >= 0.6 is 27.3 Å². The fourth-order valence-electron chi connectivity index (χ4n) is 1.83. The third-order valence-electron chi connectivity index (χ3n) is 2.78. The fourth-order valence-corrected chi connectivity index (χ4v) is 5.25. The molecule has 2 rings (SSSR count). The van der Waals surface area contributed by atoms with Crippen LogP contribution < -0.4 is 9.46 Å². The van der Waals surface area contributed by atoms with E-state index in [-0.39, 0.29) is 13.2 Å². The van der Waals surface area contributed by atoms with Crippen molar-refractivity contribution in [3.8, 4) is 5.75 Å². The lowest BCUT2D eigenvalue weighted by Gasteiger charge is -2.08. The van der Waals surface area contributed by atoms with E-state index in [1.165, 1.54) is 11.3 Å². The van der Waals surface area contributed by atoms with Gasteiger partial charge >= 0.3 is 0 Å². The molecule has 0 aliphatic rings. The largest absolute Gasteiger partial charge is 0.492 e.